The van der Waals surface area contributed by atoms with Gasteiger partial charge in [0.2, 0.25) is 0 Å². The van der Waals surface area contributed by atoms with Gasteiger partial charge in [0.1, 0.15) is 12.7 Å². The molecule has 2 unspecified atom stereocenters. The lowest BCUT2D eigenvalue weighted by Gasteiger charge is -2.71. The number of aliphatic carboxylic acids is 3. The van der Waals surface area contributed by atoms with Crippen molar-refractivity contribution in [1.29, 1.82) is 0 Å². The molecule has 292 valence electrons. The van der Waals surface area contributed by atoms with Crippen molar-refractivity contribution < 1.29 is 48.8 Å². The van der Waals surface area contributed by atoms with E-state index < -0.39 is 46.8 Å². The maximum atomic E-state index is 13.3. The first kappa shape index (κ1) is 40.2. The second kappa shape index (κ2) is 14.0. The Balaban J connectivity index is 1.47. The Morgan fingerprint density at radius 1 is 0.750 bits per heavy atom. The Bertz CT molecular complexity index is 1490. The average Bonchev–Trinajstić information content (AvgIpc) is 3.00. The number of rotatable bonds is 12. The molecule has 5 rings (SSSR count). The molecule has 9 atom stereocenters. The SMILES string of the molecule is CN(CC(=O)O)CC(=O)OC[C@@]1(C)C2CC[C@]3(C)C(CC=C4[C@@H]5CC(C)(C)CC[C@]5(C(=O)O)CC[C@]43C)[C@@]2(C)CC[C@@H]1OC(=O)CN(C)CC(=O)O. The van der Waals surface area contributed by atoms with Crippen LogP contribution < -0.4 is 0 Å². The second-order valence-electron chi connectivity index (χ2n) is 19.0. The molecular weight excluding hydrogens is 668 g/mol. The van der Waals surface area contributed by atoms with Crippen molar-refractivity contribution in [2.75, 3.05) is 46.9 Å². The molecule has 12 heteroatoms. The molecule has 4 saturated carbocycles. The third kappa shape index (κ3) is 6.91. The first-order chi connectivity index (χ1) is 24.0. The number of nitrogens with zero attached hydrogens (tertiary/aromatic N) is 2. The van der Waals surface area contributed by atoms with Crippen LogP contribution in [0.4, 0.5) is 0 Å². The molecule has 0 saturated heterocycles. The van der Waals surface area contributed by atoms with Gasteiger partial charge in [-0.2, -0.15) is 0 Å². The molecule has 0 heterocycles. The molecule has 0 aliphatic heterocycles. The fraction of sp³-hybridized carbons (Fsp3) is 0.825. The summed E-state index contributed by atoms with van der Waals surface area (Å²) in [5.74, 6) is -3.55. The standard InChI is InChI=1S/C40H62N2O10/c1-35(2)15-17-40(34(49)50)18-16-38(5)25(26(40)19-35)9-10-28-36(3)13-12-29(52-33(48)23-42(8)21-31(45)46)37(4,27(36)11-14-39(28,38)6)24-51-32(47)22-41(7)20-30(43)44/h9,26-29H,10-24H2,1-8H3,(H,43,44)(H,45,46)(H,49,50)/t26-,27?,28?,29-,36-,37-,38+,39+,40-/m0/s1. The van der Waals surface area contributed by atoms with Gasteiger partial charge in [-0.3, -0.25) is 33.8 Å². The number of fused-ring (bicyclic) bond motifs is 7. The van der Waals surface area contributed by atoms with E-state index in [2.05, 4.69) is 40.7 Å². The Morgan fingerprint density at radius 3 is 1.94 bits per heavy atom. The van der Waals surface area contributed by atoms with Gasteiger partial charge in [0.25, 0.3) is 0 Å². The van der Waals surface area contributed by atoms with Crippen LogP contribution in [0.2, 0.25) is 0 Å². The van der Waals surface area contributed by atoms with Gasteiger partial charge in [-0.1, -0.05) is 53.2 Å². The highest BCUT2D eigenvalue weighted by atomic mass is 16.6. The van der Waals surface area contributed by atoms with Crippen LogP contribution in [0, 0.1) is 50.2 Å². The number of allylic oxidation sites excluding steroid dienone is 2. The molecular formula is C40H62N2O10. The van der Waals surface area contributed by atoms with E-state index in [0.29, 0.717) is 19.3 Å². The number of carbonyl (C=O) groups is 5. The minimum absolute atomic E-state index is 0.00398. The van der Waals surface area contributed by atoms with Gasteiger partial charge in [0.05, 0.1) is 31.6 Å². The zero-order valence-electron chi connectivity index (χ0n) is 32.6. The zero-order valence-corrected chi connectivity index (χ0v) is 32.6. The van der Waals surface area contributed by atoms with Crippen molar-refractivity contribution >= 4 is 29.8 Å². The molecule has 0 radical (unpaired) electrons. The molecule has 4 fully saturated rings. The van der Waals surface area contributed by atoms with Crippen LogP contribution in [0.25, 0.3) is 0 Å². The van der Waals surface area contributed by atoms with Gasteiger partial charge < -0.3 is 24.8 Å². The number of likely N-dealkylation sites (N-methyl/N-ethyl adjacent to an activating group) is 2. The quantitative estimate of drug-likeness (QED) is 0.174. The summed E-state index contributed by atoms with van der Waals surface area (Å²) in [6.07, 6.45) is 9.74. The maximum absolute atomic E-state index is 13.3. The average molecular weight is 731 g/mol. The number of carbonyl (C=O) groups excluding carboxylic acids is 2. The summed E-state index contributed by atoms with van der Waals surface area (Å²) >= 11 is 0. The second-order valence-corrected chi connectivity index (χ2v) is 19.0. The monoisotopic (exact) mass is 730 g/mol. The van der Waals surface area contributed by atoms with Crippen LogP contribution in [-0.4, -0.2) is 108 Å². The summed E-state index contributed by atoms with van der Waals surface area (Å²) in [4.78, 5) is 64.6. The molecule has 5 aliphatic rings. The minimum Gasteiger partial charge on any atom is -0.481 e. The first-order valence-corrected chi connectivity index (χ1v) is 19.1. The van der Waals surface area contributed by atoms with Gasteiger partial charge in [-0.25, -0.2) is 0 Å². The number of carboxylic acid groups (broad SMARTS) is 3. The largest absolute Gasteiger partial charge is 0.481 e. The van der Waals surface area contributed by atoms with E-state index in [4.69, 9.17) is 9.47 Å². The topological polar surface area (TPSA) is 171 Å². The molecule has 52 heavy (non-hydrogen) atoms. The van der Waals surface area contributed by atoms with Crippen molar-refractivity contribution in [3.8, 4) is 0 Å². The summed E-state index contributed by atoms with van der Waals surface area (Å²) in [5, 5.41) is 29.1. The summed E-state index contributed by atoms with van der Waals surface area (Å²) < 4.78 is 12.1. The van der Waals surface area contributed by atoms with Crippen LogP contribution in [0.15, 0.2) is 11.6 Å². The fourth-order valence-corrected chi connectivity index (χ4v) is 12.3. The van der Waals surface area contributed by atoms with Gasteiger partial charge in [0.15, 0.2) is 0 Å². The predicted molar refractivity (Wildman–Crippen MR) is 192 cm³/mol. The highest BCUT2D eigenvalue weighted by Gasteiger charge is 2.70. The van der Waals surface area contributed by atoms with E-state index in [0.717, 1.165) is 44.9 Å². The third-order valence-electron chi connectivity index (χ3n) is 15.2. The molecule has 0 amide bonds. The summed E-state index contributed by atoms with van der Waals surface area (Å²) in [6, 6.07) is 0. The molecule has 3 N–H and O–H groups in total. The summed E-state index contributed by atoms with van der Waals surface area (Å²) in [6.45, 7) is 12.8. The number of esters is 2. The van der Waals surface area contributed by atoms with Crippen LogP contribution in [0.1, 0.15) is 106 Å². The van der Waals surface area contributed by atoms with Crippen LogP contribution in [0.5, 0.6) is 0 Å². The highest BCUT2D eigenvalue weighted by Crippen LogP contribution is 2.76. The molecule has 0 aromatic carbocycles. The van der Waals surface area contributed by atoms with Gasteiger partial charge in [-0.05, 0) is 118 Å². The lowest BCUT2D eigenvalue weighted by Crippen LogP contribution is -2.66. The van der Waals surface area contributed by atoms with Crippen LogP contribution in [0.3, 0.4) is 0 Å². The molecule has 5 aliphatic carbocycles. The Kier molecular flexibility index (Phi) is 10.8. The third-order valence-corrected chi connectivity index (χ3v) is 15.2. The van der Waals surface area contributed by atoms with E-state index in [1.807, 2.05) is 6.92 Å². The molecule has 0 bridgehead atoms. The minimum atomic E-state index is -1.05. The van der Waals surface area contributed by atoms with Crippen LogP contribution in [-0.2, 0) is 33.4 Å². The van der Waals surface area contributed by atoms with E-state index in [-0.39, 0.29) is 72.2 Å². The number of hydrogen-bond donors (Lipinski definition) is 3. The van der Waals surface area contributed by atoms with Crippen molar-refractivity contribution in [3.05, 3.63) is 11.6 Å². The van der Waals surface area contributed by atoms with Gasteiger partial charge in [0, 0.05) is 5.41 Å². The van der Waals surface area contributed by atoms with Gasteiger partial charge in [-0.15, -0.1) is 0 Å². The van der Waals surface area contributed by atoms with E-state index in [1.54, 1.807) is 14.1 Å². The molecule has 0 aromatic heterocycles. The smallest absolute Gasteiger partial charge is 0.320 e. The predicted octanol–water partition coefficient (Wildman–Crippen LogP) is 5.34. The van der Waals surface area contributed by atoms with E-state index in [1.165, 1.54) is 15.4 Å². The summed E-state index contributed by atoms with van der Waals surface area (Å²) in [5.41, 5.74) is -0.540. The van der Waals surface area contributed by atoms with E-state index in [9.17, 15) is 39.3 Å². The zero-order chi connectivity index (χ0) is 38.7. The summed E-state index contributed by atoms with van der Waals surface area (Å²) in [7, 11) is 3.09. The van der Waals surface area contributed by atoms with Crippen molar-refractivity contribution in [2.24, 2.45) is 50.2 Å². The number of ether oxygens (including phenoxy) is 2. The number of hydrogen-bond acceptors (Lipinski definition) is 9. The molecule has 12 nitrogen and oxygen atoms in total. The Hall–Kier alpha value is -2.99. The lowest BCUT2D eigenvalue weighted by atomic mass is 9.33. The normalized spacial score (nSPS) is 39.2. The van der Waals surface area contributed by atoms with Crippen molar-refractivity contribution in [3.63, 3.8) is 0 Å². The maximum Gasteiger partial charge on any atom is 0.320 e. The molecule has 0 aromatic rings. The van der Waals surface area contributed by atoms with Crippen LogP contribution >= 0.6 is 0 Å². The van der Waals surface area contributed by atoms with Crippen molar-refractivity contribution in [1.82, 2.24) is 9.80 Å². The molecule has 0 spiro atoms. The Morgan fingerprint density at radius 2 is 1.35 bits per heavy atom. The van der Waals surface area contributed by atoms with Gasteiger partial charge >= 0.3 is 29.8 Å². The van der Waals surface area contributed by atoms with Crippen molar-refractivity contribution in [2.45, 2.75) is 112 Å². The fourth-order valence-electron chi connectivity index (χ4n) is 12.3. The number of carboxylic acids is 3. The highest BCUT2D eigenvalue weighted by molar-refractivity contribution is 5.77. The lowest BCUT2D eigenvalue weighted by molar-refractivity contribution is -0.227. The van der Waals surface area contributed by atoms with E-state index >= 15 is 0 Å². The first-order valence-electron chi connectivity index (χ1n) is 19.1. The Labute approximate surface area is 308 Å².